The maximum absolute atomic E-state index is 14.1. The smallest absolute Gasteiger partial charge is 0.129 e. The lowest BCUT2D eigenvalue weighted by Gasteiger charge is -2.33. The van der Waals surface area contributed by atoms with Gasteiger partial charge in [0.25, 0.3) is 0 Å². The predicted octanol–water partition coefficient (Wildman–Crippen LogP) is 4.13. The highest BCUT2D eigenvalue weighted by atomic mass is 19.1. The molecule has 2 atom stereocenters. The molecule has 1 aliphatic rings. The summed E-state index contributed by atoms with van der Waals surface area (Å²) in [6.45, 7) is 3.74. The molecule has 0 aromatic heterocycles. The molecule has 2 aromatic carbocycles. The second-order valence-corrected chi connectivity index (χ2v) is 5.78. The number of hydrogen-bond donors (Lipinski definition) is 1. The highest BCUT2D eigenvalue weighted by molar-refractivity contribution is 5.32. The molecule has 3 heteroatoms. The monoisotopic (exact) mass is 287 g/mol. The Kier molecular flexibility index (Phi) is 4.02. The van der Waals surface area contributed by atoms with E-state index in [4.69, 9.17) is 0 Å². The number of piperidine rings is 1. The second kappa shape index (κ2) is 5.94. The van der Waals surface area contributed by atoms with E-state index in [1.54, 1.807) is 6.07 Å². The Hall–Kier alpha value is -1.74. The molecule has 1 heterocycles. The van der Waals surface area contributed by atoms with E-state index >= 15 is 0 Å². The van der Waals surface area contributed by atoms with Gasteiger partial charge in [-0.05, 0) is 43.0 Å². The van der Waals surface area contributed by atoms with Crippen molar-refractivity contribution in [2.45, 2.75) is 25.2 Å². The van der Waals surface area contributed by atoms with Gasteiger partial charge in [0.2, 0.25) is 0 Å². The van der Waals surface area contributed by atoms with Gasteiger partial charge >= 0.3 is 0 Å². The lowest BCUT2D eigenvalue weighted by atomic mass is 9.77. The third kappa shape index (κ3) is 2.98. The average molecular weight is 287 g/mol. The predicted molar refractivity (Wildman–Crippen MR) is 80.5 cm³/mol. The van der Waals surface area contributed by atoms with Crippen LogP contribution in [-0.2, 0) is 0 Å². The lowest BCUT2D eigenvalue weighted by Crippen LogP contribution is -2.34. The van der Waals surface area contributed by atoms with Gasteiger partial charge in [-0.25, -0.2) is 8.78 Å². The molecule has 0 aliphatic carbocycles. The molecule has 1 fully saturated rings. The Morgan fingerprint density at radius 3 is 2.48 bits per heavy atom. The van der Waals surface area contributed by atoms with Crippen LogP contribution in [-0.4, -0.2) is 13.1 Å². The molecule has 2 aromatic rings. The largest absolute Gasteiger partial charge is 0.316 e. The van der Waals surface area contributed by atoms with E-state index in [2.05, 4.69) is 36.5 Å². The highest BCUT2D eigenvalue weighted by Crippen LogP contribution is 2.38. The first-order valence-electron chi connectivity index (χ1n) is 7.37. The molecule has 1 nitrogen and oxygen atoms in total. The first-order valence-corrected chi connectivity index (χ1v) is 7.37. The van der Waals surface area contributed by atoms with E-state index in [0.717, 1.165) is 25.6 Å². The van der Waals surface area contributed by atoms with Crippen LogP contribution in [0.25, 0.3) is 0 Å². The summed E-state index contributed by atoms with van der Waals surface area (Å²) in [6, 6.07) is 12.3. The lowest BCUT2D eigenvalue weighted by molar-refractivity contribution is 0.392. The zero-order valence-corrected chi connectivity index (χ0v) is 12.1. The van der Waals surface area contributed by atoms with Crippen molar-refractivity contribution in [1.82, 2.24) is 5.32 Å². The summed E-state index contributed by atoms with van der Waals surface area (Å²) in [5.41, 5.74) is 3.05. The zero-order chi connectivity index (χ0) is 14.8. The molecule has 0 saturated carbocycles. The SMILES string of the molecule is Cc1ccc(C2CNCCC2c2ccc(F)cc2F)cc1. The Labute approximate surface area is 124 Å². The molecule has 1 N–H and O–H groups in total. The summed E-state index contributed by atoms with van der Waals surface area (Å²) < 4.78 is 27.3. The van der Waals surface area contributed by atoms with Crippen LogP contribution < -0.4 is 5.32 Å². The van der Waals surface area contributed by atoms with Gasteiger partial charge in [-0.15, -0.1) is 0 Å². The minimum Gasteiger partial charge on any atom is -0.316 e. The van der Waals surface area contributed by atoms with Gasteiger partial charge in [0, 0.05) is 18.5 Å². The van der Waals surface area contributed by atoms with Crippen LogP contribution in [0.1, 0.15) is 34.9 Å². The summed E-state index contributed by atoms with van der Waals surface area (Å²) in [5, 5.41) is 3.38. The van der Waals surface area contributed by atoms with E-state index < -0.39 is 11.6 Å². The van der Waals surface area contributed by atoms with E-state index in [1.807, 2.05) is 0 Å². The number of benzene rings is 2. The first kappa shape index (κ1) is 14.2. The minimum absolute atomic E-state index is 0.0922. The van der Waals surface area contributed by atoms with Gasteiger partial charge in [0.1, 0.15) is 11.6 Å². The van der Waals surface area contributed by atoms with Gasteiger partial charge in [-0.1, -0.05) is 35.9 Å². The summed E-state index contributed by atoms with van der Waals surface area (Å²) >= 11 is 0. The molecule has 110 valence electrons. The fraction of sp³-hybridized carbons (Fsp3) is 0.333. The average Bonchev–Trinajstić information content (AvgIpc) is 2.48. The number of hydrogen-bond acceptors (Lipinski definition) is 1. The van der Waals surface area contributed by atoms with E-state index in [0.29, 0.717) is 5.56 Å². The van der Waals surface area contributed by atoms with Gasteiger partial charge in [-0.3, -0.25) is 0 Å². The highest BCUT2D eigenvalue weighted by Gasteiger charge is 2.29. The van der Waals surface area contributed by atoms with Crippen LogP contribution in [0, 0.1) is 18.6 Å². The fourth-order valence-electron chi connectivity index (χ4n) is 3.20. The number of rotatable bonds is 2. The van der Waals surface area contributed by atoms with E-state index in [-0.39, 0.29) is 11.8 Å². The Balaban J connectivity index is 1.96. The van der Waals surface area contributed by atoms with Gasteiger partial charge in [0.15, 0.2) is 0 Å². The van der Waals surface area contributed by atoms with Gasteiger partial charge < -0.3 is 5.32 Å². The van der Waals surface area contributed by atoms with Crippen molar-refractivity contribution in [2.75, 3.05) is 13.1 Å². The first-order chi connectivity index (χ1) is 10.1. The van der Waals surface area contributed by atoms with Crippen molar-refractivity contribution in [2.24, 2.45) is 0 Å². The normalized spacial score (nSPS) is 22.2. The molecule has 0 amide bonds. The standard InChI is InChI=1S/C18H19F2N/c1-12-2-4-13(5-3-12)17-11-21-9-8-15(17)16-7-6-14(19)10-18(16)20/h2-7,10,15,17,21H,8-9,11H2,1H3. The molecule has 0 bridgehead atoms. The zero-order valence-electron chi connectivity index (χ0n) is 12.1. The number of halogens is 2. The minimum atomic E-state index is -0.517. The number of aryl methyl sites for hydroxylation is 1. The molecule has 0 spiro atoms. The Morgan fingerprint density at radius 2 is 1.76 bits per heavy atom. The Morgan fingerprint density at radius 1 is 1.00 bits per heavy atom. The van der Waals surface area contributed by atoms with Gasteiger partial charge in [-0.2, -0.15) is 0 Å². The van der Waals surface area contributed by atoms with Crippen LogP contribution in [0.5, 0.6) is 0 Å². The van der Waals surface area contributed by atoms with Crippen LogP contribution in [0.15, 0.2) is 42.5 Å². The fourth-order valence-corrected chi connectivity index (χ4v) is 3.20. The van der Waals surface area contributed by atoms with E-state index in [9.17, 15) is 8.78 Å². The molecule has 1 aliphatic heterocycles. The van der Waals surface area contributed by atoms with Crippen molar-refractivity contribution in [3.63, 3.8) is 0 Å². The van der Waals surface area contributed by atoms with Crippen LogP contribution >= 0.6 is 0 Å². The summed E-state index contributed by atoms with van der Waals surface area (Å²) in [5.74, 6) is -0.634. The van der Waals surface area contributed by atoms with Crippen molar-refractivity contribution < 1.29 is 8.78 Å². The quantitative estimate of drug-likeness (QED) is 0.875. The molecule has 21 heavy (non-hydrogen) atoms. The van der Waals surface area contributed by atoms with Crippen molar-refractivity contribution >= 4 is 0 Å². The second-order valence-electron chi connectivity index (χ2n) is 5.78. The van der Waals surface area contributed by atoms with Crippen molar-refractivity contribution in [3.8, 4) is 0 Å². The van der Waals surface area contributed by atoms with Crippen LogP contribution in [0.4, 0.5) is 8.78 Å². The maximum atomic E-state index is 14.1. The molecule has 1 saturated heterocycles. The van der Waals surface area contributed by atoms with Crippen molar-refractivity contribution in [3.05, 3.63) is 70.8 Å². The summed E-state index contributed by atoms with van der Waals surface area (Å²) in [7, 11) is 0. The number of nitrogens with one attached hydrogen (secondary N) is 1. The van der Waals surface area contributed by atoms with E-state index in [1.165, 1.54) is 17.2 Å². The Bertz CT molecular complexity index is 622. The maximum Gasteiger partial charge on any atom is 0.129 e. The molecular formula is C18H19F2N. The van der Waals surface area contributed by atoms with Crippen LogP contribution in [0.3, 0.4) is 0 Å². The summed E-state index contributed by atoms with van der Waals surface area (Å²) in [6.07, 6.45) is 0.862. The molecule has 2 unspecified atom stereocenters. The van der Waals surface area contributed by atoms with Crippen molar-refractivity contribution in [1.29, 1.82) is 0 Å². The molecule has 0 radical (unpaired) electrons. The topological polar surface area (TPSA) is 12.0 Å². The van der Waals surface area contributed by atoms with Gasteiger partial charge in [0.05, 0.1) is 0 Å². The molecule has 3 rings (SSSR count). The third-order valence-electron chi connectivity index (χ3n) is 4.35. The third-order valence-corrected chi connectivity index (χ3v) is 4.35. The van der Waals surface area contributed by atoms with Crippen LogP contribution in [0.2, 0.25) is 0 Å². The summed E-state index contributed by atoms with van der Waals surface area (Å²) in [4.78, 5) is 0. The molecular weight excluding hydrogens is 268 g/mol.